The molecule has 0 saturated heterocycles. The first-order chi connectivity index (χ1) is 11.6. The molecule has 0 spiro atoms. The highest BCUT2D eigenvalue weighted by Crippen LogP contribution is 2.27. The van der Waals surface area contributed by atoms with E-state index in [-0.39, 0.29) is 5.91 Å². The first kappa shape index (κ1) is 17.6. The van der Waals surface area contributed by atoms with Crippen LogP contribution in [0.15, 0.2) is 48.5 Å². The summed E-state index contributed by atoms with van der Waals surface area (Å²) in [6, 6.07) is 13.8. The number of amides is 1. The third kappa shape index (κ3) is 5.16. The molecule has 4 heteroatoms. The summed E-state index contributed by atoms with van der Waals surface area (Å²) in [7, 11) is 3.22. The van der Waals surface area contributed by atoms with Crippen LogP contribution in [-0.4, -0.2) is 26.7 Å². The summed E-state index contributed by atoms with van der Waals surface area (Å²) in [4.78, 5) is 11.9. The van der Waals surface area contributed by atoms with Gasteiger partial charge in [-0.15, -0.1) is 0 Å². The fraction of sp³-hybridized carbons (Fsp3) is 0.250. The molecule has 2 aromatic rings. The summed E-state index contributed by atoms with van der Waals surface area (Å²) in [5, 5.41) is 2.88. The van der Waals surface area contributed by atoms with E-state index < -0.39 is 0 Å². The van der Waals surface area contributed by atoms with Crippen LogP contribution < -0.4 is 14.8 Å². The van der Waals surface area contributed by atoms with Crippen LogP contribution in [0, 0.1) is 6.92 Å². The van der Waals surface area contributed by atoms with E-state index in [0.717, 1.165) is 17.5 Å². The molecule has 0 aliphatic carbocycles. The van der Waals surface area contributed by atoms with Gasteiger partial charge in [-0.05, 0) is 42.7 Å². The Morgan fingerprint density at radius 1 is 1.04 bits per heavy atom. The van der Waals surface area contributed by atoms with E-state index in [9.17, 15) is 4.79 Å². The molecule has 0 heterocycles. The first-order valence-electron chi connectivity index (χ1n) is 7.86. The lowest BCUT2D eigenvalue weighted by atomic mass is 10.1. The molecule has 2 aromatic carbocycles. The van der Waals surface area contributed by atoms with Gasteiger partial charge in [0.2, 0.25) is 5.91 Å². The van der Waals surface area contributed by atoms with Gasteiger partial charge in [-0.2, -0.15) is 0 Å². The molecule has 0 radical (unpaired) electrons. The van der Waals surface area contributed by atoms with Crippen molar-refractivity contribution in [3.63, 3.8) is 0 Å². The minimum absolute atomic E-state index is 0.101. The summed E-state index contributed by atoms with van der Waals surface area (Å²) >= 11 is 0. The molecule has 0 atom stereocenters. The standard InChI is InChI=1S/C20H23NO3/c1-15-4-6-16(7-5-15)9-11-20(22)21-13-12-17-8-10-18(23-2)19(14-17)24-3/h4-11,14H,12-13H2,1-3H3,(H,21,22). The second-order valence-corrected chi connectivity index (χ2v) is 5.47. The quantitative estimate of drug-likeness (QED) is 0.794. The average molecular weight is 325 g/mol. The van der Waals surface area contributed by atoms with Gasteiger partial charge in [0.15, 0.2) is 11.5 Å². The number of ether oxygens (including phenoxy) is 2. The van der Waals surface area contributed by atoms with Crippen LogP contribution in [0.2, 0.25) is 0 Å². The fourth-order valence-electron chi connectivity index (χ4n) is 2.27. The minimum Gasteiger partial charge on any atom is -0.493 e. The lowest BCUT2D eigenvalue weighted by Crippen LogP contribution is -2.23. The van der Waals surface area contributed by atoms with Gasteiger partial charge in [-0.25, -0.2) is 0 Å². The number of hydrogen-bond acceptors (Lipinski definition) is 3. The Morgan fingerprint density at radius 3 is 2.42 bits per heavy atom. The van der Waals surface area contributed by atoms with E-state index in [1.807, 2.05) is 55.5 Å². The number of aryl methyl sites for hydroxylation is 1. The largest absolute Gasteiger partial charge is 0.493 e. The van der Waals surface area contributed by atoms with Crippen molar-refractivity contribution in [1.29, 1.82) is 0 Å². The Hall–Kier alpha value is -2.75. The maximum absolute atomic E-state index is 11.9. The molecule has 1 amide bonds. The van der Waals surface area contributed by atoms with Crippen molar-refractivity contribution < 1.29 is 14.3 Å². The number of rotatable bonds is 7. The van der Waals surface area contributed by atoms with E-state index >= 15 is 0 Å². The Balaban J connectivity index is 1.83. The molecule has 0 unspecified atom stereocenters. The van der Waals surface area contributed by atoms with Crippen molar-refractivity contribution in [2.45, 2.75) is 13.3 Å². The van der Waals surface area contributed by atoms with Gasteiger partial charge in [-0.3, -0.25) is 4.79 Å². The summed E-state index contributed by atoms with van der Waals surface area (Å²) in [6.07, 6.45) is 4.09. The summed E-state index contributed by atoms with van der Waals surface area (Å²) in [5.74, 6) is 1.29. The molecular formula is C20H23NO3. The van der Waals surface area contributed by atoms with E-state index in [2.05, 4.69) is 5.32 Å². The smallest absolute Gasteiger partial charge is 0.244 e. The highest BCUT2D eigenvalue weighted by atomic mass is 16.5. The van der Waals surface area contributed by atoms with Crippen LogP contribution in [-0.2, 0) is 11.2 Å². The van der Waals surface area contributed by atoms with E-state index in [4.69, 9.17) is 9.47 Å². The number of nitrogens with one attached hydrogen (secondary N) is 1. The van der Waals surface area contributed by atoms with Crippen LogP contribution in [0.4, 0.5) is 0 Å². The van der Waals surface area contributed by atoms with Crippen molar-refractivity contribution in [3.05, 3.63) is 65.2 Å². The van der Waals surface area contributed by atoms with Crippen molar-refractivity contribution >= 4 is 12.0 Å². The normalized spacial score (nSPS) is 10.6. The number of carbonyl (C=O) groups excluding carboxylic acids is 1. The van der Waals surface area contributed by atoms with Gasteiger partial charge in [0, 0.05) is 12.6 Å². The van der Waals surface area contributed by atoms with Crippen molar-refractivity contribution in [1.82, 2.24) is 5.32 Å². The molecule has 126 valence electrons. The zero-order valence-corrected chi connectivity index (χ0v) is 14.3. The first-order valence-corrected chi connectivity index (χ1v) is 7.86. The zero-order valence-electron chi connectivity index (χ0n) is 14.3. The minimum atomic E-state index is -0.101. The maximum atomic E-state index is 11.9. The number of hydrogen-bond donors (Lipinski definition) is 1. The highest BCUT2D eigenvalue weighted by Gasteiger charge is 2.04. The monoisotopic (exact) mass is 325 g/mol. The molecule has 2 rings (SSSR count). The number of carbonyl (C=O) groups is 1. The van der Waals surface area contributed by atoms with Gasteiger partial charge in [0.25, 0.3) is 0 Å². The lowest BCUT2D eigenvalue weighted by Gasteiger charge is -2.09. The van der Waals surface area contributed by atoms with Crippen molar-refractivity contribution in [2.24, 2.45) is 0 Å². The molecule has 0 aliphatic rings. The van der Waals surface area contributed by atoms with E-state index in [0.29, 0.717) is 18.0 Å². The molecule has 0 saturated carbocycles. The molecule has 0 aliphatic heterocycles. The third-order valence-corrected chi connectivity index (χ3v) is 3.67. The molecule has 0 aromatic heterocycles. The number of benzene rings is 2. The molecule has 0 fully saturated rings. The Labute approximate surface area is 143 Å². The summed E-state index contributed by atoms with van der Waals surface area (Å²) in [5.41, 5.74) is 3.29. The molecule has 4 nitrogen and oxygen atoms in total. The molecule has 1 N–H and O–H groups in total. The van der Waals surface area contributed by atoms with Crippen LogP contribution in [0.5, 0.6) is 11.5 Å². The second-order valence-electron chi connectivity index (χ2n) is 5.47. The molecular weight excluding hydrogens is 302 g/mol. The molecule has 0 bridgehead atoms. The predicted molar refractivity (Wildman–Crippen MR) is 96.5 cm³/mol. The van der Waals surface area contributed by atoms with Gasteiger partial charge in [-0.1, -0.05) is 35.9 Å². The van der Waals surface area contributed by atoms with Gasteiger partial charge >= 0.3 is 0 Å². The van der Waals surface area contributed by atoms with Crippen LogP contribution in [0.1, 0.15) is 16.7 Å². The highest BCUT2D eigenvalue weighted by molar-refractivity contribution is 5.91. The summed E-state index contributed by atoms with van der Waals surface area (Å²) < 4.78 is 10.5. The predicted octanol–water partition coefficient (Wildman–Crippen LogP) is 3.38. The molecule has 24 heavy (non-hydrogen) atoms. The lowest BCUT2D eigenvalue weighted by molar-refractivity contribution is -0.116. The van der Waals surface area contributed by atoms with Gasteiger partial charge in [0.1, 0.15) is 0 Å². The third-order valence-electron chi connectivity index (χ3n) is 3.67. The topological polar surface area (TPSA) is 47.6 Å². The van der Waals surface area contributed by atoms with Gasteiger partial charge < -0.3 is 14.8 Å². The average Bonchev–Trinajstić information content (AvgIpc) is 2.61. The Bertz CT molecular complexity index is 705. The van der Waals surface area contributed by atoms with Crippen molar-refractivity contribution in [2.75, 3.05) is 20.8 Å². The van der Waals surface area contributed by atoms with Crippen LogP contribution in [0.25, 0.3) is 6.08 Å². The fourth-order valence-corrected chi connectivity index (χ4v) is 2.27. The van der Waals surface area contributed by atoms with Crippen molar-refractivity contribution in [3.8, 4) is 11.5 Å². The van der Waals surface area contributed by atoms with Crippen LogP contribution >= 0.6 is 0 Å². The Kier molecular flexibility index (Phi) is 6.43. The zero-order chi connectivity index (χ0) is 17.4. The number of methoxy groups -OCH3 is 2. The second kappa shape index (κ2) is 8.77. The van der Waals surface area contributed by atoms with Gasteiger partial charge in [0.05, 0.1) is 14.2 Å². The Morgan fingerprint density at radius 2 is 1.75 bits per heavy atom. The van der Waals surface area contributed by atoms with E-state index in [1.54, 1.807) is 20.3 Å². The van der Waals surface area contributed by atoms with Crippen LogP contribution in [0.3, 0.4) is 0 Å². The summed E-state index contributed by atoms with van der Waals surface area (Å²) in [6.45, 7) is 2.60. The SMILES string of the molecule is COc1ccc(CCNC(=O)C=Cc2ccc(C)cc2)cc1OC. The maximum Gasteiger partial charge on any atom is 0.244 e. The van der Waals surface area contributed by atoms with E-state index in [1.165, 1.54) is 5.56 Å².